The highest BCUT2D eigenvalue weighted by molar-refractivity contribution is 7.89. The Bertz CT molecular complexity index is 577. The van der Waals surface area contributed by atoms with Crippen molar-refractivity contribution >= 4 is 22.0 Å². The van der Waals surface area contributed by atoms with Gasteiger partial charge in [-0.15, -0.1) is 0 Å². The van der Waals surface area contributed by atoms with E-state index in [0.29, 0.717) is 19.6 Å². The van der Waals surface area contributed by atoms with E-state index in [1.54, 1.807) is 11.8 Å². The van der Waals surface area contributed by atoms with Crippen LogP contribution in [0.4, 0.5) is 4.79 Å². The van der Waals surface area contributed by atoms with Crippen LogP contribution in [0.15, 0.2) is 0 Å². The summed E-state index contributed by atoms with van der Waals surface area (Å²) in [7, 11) is -3.36. The van der Waals surface area contributed by atoms with Crippen LogP contribution in [0.25, 0.3) is 0 Å². The predicted molar refractivity (Wildman–Crippen MR) is 86.3 cm³/mol. The molecule has 3 amide bonds. The van der Waals surface area contributed by atoms with E-state index in [2.05, 4.69) is 10.6 Å². The standard InChI is InChI=1S/C14H26N4O4S/c1-4-23(21,22)18-6-5-17(13(20)16-11(2)3)9-14(10-18)7-12(19)15-8-14/h11H,4-10H2,1-3H3,(H,15,19)(H,16,20)/t14-/m0/s1. The maximum Gasteiger partial charge on any atom is 0.317 e. The highest BCUT2D eigenvalue weighted by Crippen LogP contribution is 2.31. The monoisotopic (exact) mass is 346 g/mol. The normalized spacial score (nSPS) is 26.4. The van der Waals surface area contributed by atoms with E-state index in [1.165, 1.54) is 4.31 Å². The van der Waals surface area contributed by atoms with Crippen molar-refractivity contribution < 1.29 is 18.0 Å². The molecule has 2 aliphatic rings. The van der Waals surface area contributed by atoms with Gasteiger partial charge in [0.1, 0.15) is 0 Å². The van der Waals surface area contributed by atoms with Crippen molar-refractivity contribution in [1.82, 2.24) is 19.8 Å². The van der Waals surface area contributed by atoms with Gasteiger partial charge in [0.25, 0.3) is 0 Å². The number of amides is 3. The van der Waals surface area contributed by atoms with Gasteiger partial charge in [-0.2, -0.15) is 4.31 Å². The quantitative estimate of drug-likeness (QED) is 0.725. The molecule has 2 fully saturated rings. The van der Waals surface area contributed by atoms with Crippen molar-refractivity contribution in [1.29, 1.82) is 0 Å². The molecule has 0 unspecified atom stereocenters. The van der Waals surface area contributed by atoms with Crippen LogP contribution in [0.1, 0.15) is 27.2 Å². The van der Waals surface area contributed by atoms with Gasteiger partial charge in [0.05, 0.1) is 5.75 Å². The van der Waals surface area contributed by atoms with Crippen molar-refractivity contribution in [2.45, 2.75) is 33.2 Å². The molecule has 1 spiro atoms. The summed E-state index contributed by atoms with van der Waals surface area (Å²) in [5.74, 6) is -0.0761. The number of sulfonamides is 1. The SMILES string of the molecule is CCS(=O)(=O)N1CCN(C(=O)NC(C)C)C[C@]2(CNC(=O)C2)C1. The van der Waals surface area contributed by atoms with Gasteiger partial charge in [-0.3, -0.25) is 4.79 Å². The van der Waals surface area contributed by atoms with Crippen LogP contribution in [-0.4, -0.2) is 74.1 Å². The lowest BCUT2D eigenvalue weighted by Crippen LogP contribution is -2.48. The molecular formula is C14H26N4O4S. The predicted octanol–water partition coefficient (Wildman–Crippen LogP) is -0.422. The number of urea groups is 1. The first kappa shape index (κ1) is 18.0. The van der Waals surface area contributed by atoms with Crippen molar-refractivity contribution in [2.75, 3.05) is 38.5 Å². The summed E-state index contributed by atoms with van der Waals surface area (Å²) in [4.78, 5) is 25.7. The topological polar surface area (TPSA) is 98.8 Å². The third kappa shape index (κ3) is 4.14. The Labute approximate surface area is 137 Å². The largest absolute Gasteiger partial charge is 0.355 e. The molecule has 2 rings (SSSR count). The summed E-state index contributed by atoms with van der Waals surface area (Å²) in [6, 6.07) is -0.213. The number of carbonyl (C=O) groups excluding carboxylic acids is 2. The first-order valence-electron chi connectivity index (χ1n) is 7.97. The third-order valence-corrected chi connectivity index (χ3v) is 6.14. The number of hydrogen-bond acceptors (Lipinski definition) is 4. The molecule has 8 nitrogen and oxygen atoms in total. The van der Waals surface area contributed by atoms with Crippen LogP contribution in [0.2, 0.25) is 0 Å². The lowest BCUT2D eigenvalue weighted by atomic mass is 9.86. The number of carbonyl (C=O) groups is 2. The summed E-state index contributed by atoms with van der Waals surface area (Å²) in [6.45, 7) is 6.99. The molecule has 0 aliphatic carbocycles. The highest BCUT2D eigenvalue weighted by atomic mass is 32.2. The Morgan fingerprint density at radius 3 is 2.57 bits per heavy atom. The van der Waals surface area contributed by atoms with Gasteiger partial charge >= 0.3 is 6.03 Å². The maximum absolute atomic E-state index is 12.4. The molecule has 23 heavy (non-hydrogen) atoms. The zero-order valence-electron chi connectivity index (χ0n) is 14.0. The minimum Gasteiger partial charge on any atom is -0.355 e. The Hall–Kier alpha value is -1.35. The van der Waals surface area contributed by atoms with E-state index in [-0.39, 0.29) is 43.2 Å². The summed E-state index contributed by atoms with van der Waals surface area (Å²) in [5.41, 5.74) is -0.551. The molecule has 0 saturated carbocycles. The van der Waals surface area contributed by atoms with Crippen LogP contribution in [0, 0.1) is 5.41 Å². The van der Waals surface area contributed by atoms with Gasteiger partial charge < -0.3 is 15.5 Å². The second-order valence-corrected chi connectivity index (χ2v) is 8.97. The molecular weight excluding hydrogens is 320 g/mol. The van der Waals surface area contributed by atoms with Crippen molar-refractivity contribution in [2.24, 2.45) is 5.41 Å². The van der Waals surface area contributed by atoms with Gasteiger partial charge in [-0.1, -0.05) is 0 Å². The second-order valence-electron chi connectivity index (χ2n) is 6.71. The first-order chi connectivity index (χ1) is 10.7. The average molecular weight is 346 g/mol. The highest BCUT2D eigenvalue weighted by Gasteiger charge is 2.45. The second kappa shape index (κ2) is 6.64. The number of hydrogen-bond donors (Lipinski definition) is 2. The average Bonchev–Trinajstić information content (AvgIpc) is 2.69. The lowest BCUT2D eigenvalue weighted by Gasteiger charge is -2.32. The smallest absolute Gasteiger partial charge is 0.317 e. The van der Waals surface area contributed by atoms with E-state index < -0.39 is 15.4 Å². The third-order valence-electron chi connectivity index (χ3n) is 4.31. The van der Waals surface area contributed by atoms with E-state index in [0.717, 1.165) is 0 Å². The lowest BCUT2D eigenvalue weighted by molar-refractivity contribution is -0.119. The van der Waals surface area contributed by atoms with Crippen molar-refractivity contribution in [3.05, 3.63) is 0 Å². The van der Waals surface area contributed by atoms with Crippen molar-refractivity contribution in [3.8, 4) is 0 Å². The van der Waals surface area contributed by atoms with Gasteiger partial charge in [0.2, 0.25) is 15.9 Å². The number of nitrogens with one attached hydrogen (secondary N) is 2. The van der Waals surface area contributed by atoms with Gasteiger partial charge in [-0.25, -0.2) is 13.2 Å². The molecule has 2 saturated heterocycles. The Balaban J connectivity index is 2.25. The Morgan fingerprint density at radius 1 is 1.35 bits per heavy atom. The molecule has 2 heterocycles. The molecule has 0 radical (unpaired) electrons. The molecule has 9 heteroatoms. The van der Waals surface area contributed by atoms with Crippen molar-refractivity contribution in [3.63, 3.8) is 0 Å². The molecule has 2 N–H and O–H groups in total. The maximum atomic E-state index is 12.4. The Morgan fingerprint density at radius 2 is 2.04 bits per heavy atom. The van der Waals surface area contributed by atoms with Gasteiger partial charge in [0, 0.05) is 50.6 Å². The minimum absolute atomic E-state index is 0.000477. The molecule has 1 atom stereocenters. The fraction of sp³-hybridized carbons (Fsp3) is 0.857. The van der Waals surface area contributed by atoms with E-state index in [1.807, 2.05) is 13.8 Å². The molecule has 0 bridgehead atoms. The summed E-state index contributed by atoms with van der Waals surface area (Å²) >= 11 is 0. The molecule has 0 aromatic heterocycles. The summed E-state index contributed by atoms with van der Waals surface area (Å²) in [5, 5.41) is 5.62. The van der Waals surface area contributed by atoms with Crippen LogP contribution in [-0.2, 0) is 14.8 Å². The zero-order chi connectivity index (χ0) is 17.3. The summed E-state index contributed by atoms with van der Waals surface area (Å²) < 4.78 is 26.0. The molecule has 132 valence electrons. The number of nitrogens with zero attached hydrogens (tertiary/aromatic N) is 2. The molecule has 0 aromatic rings. The van der Waals surface area contributed by atoms with Crippen LogP contribution < -0.4 is 10.6 Å². The summed E-state index contributed by atoms with van der Waals surface area (Å²) in [6.07, 6.45) is 0.244. The van der Waals surface area contributed by atoms with E-state index in [9.17, 15) is 18.0 Å². The molecule has 0 aromatic carbocycles. The van der Waals surface area contributed by atoms with E-state index >= 15 is 0 Å². The Kier molecular flexibility index (Phi) is 5.20. The van der Waals surface area contributed by atoms with E-state index in [4.69, 9.17) is 0 Å². The number of rotatable bonds is 3. The zero-order valence-corrected chi connectivity index (χ0v) is 14.8. The van der Waals surface area contributed by atoms with Crippen LogP contribution >= 0.6 is 0 Å². The van der Waals surface area contributed by atoms with Gasteiger partial charge in [-0.05, 0) is 20.8 Å². The van der Waals surface area contributed by atoms with Crippen LogP contribution in [0.5, 0.6) is 0 Å². The first-order valence-corrected chi connectivity index (χ1v) is 9.58. The van der Waals surface area contributed by atoms with Crippen LogP contribution in [0.3, 0.4) is 0 Å². The minimum atomic E-state index is -3.36. The van der Waals surface area contributed by atoms with Gasteiger partial charge in [0.15, 0.2) is 0 Å². The fourth-order valence-electron chi connectivity index (χ4n) is 3.13. The fourth-order valence-corrected chi connectivity index (χ4v) is 4.32. The molecule has 2 aliphatic heterocycles.